The van der Waals surface area contributed by atoms with E-state index in [0.29, 0.717) is 0 Å². The fourth-order valence-electron chi connectivity index (χ4n) is 5.94. The van der Waals surface area contributed by atoms with Crippen LogP contribution in [0.15, 0.2) is 124 Å². The van der Waals surface area contributed by atoms with Crippen molar-refractivity contribution in [3.8, 4) is 11.1 Å². The van der Waals surface area contributed by atoms with Gasteiger partial charge >= 0.3 is 0 Å². The molecule has 0 bridgehead atoms. The first kappa shape index (κ1) is 26.3. The van der Waals surface area contributed by atoms with Crippen molar-refractivity contribution in [1.82, 2.24) is 0 Å². The highest BCUT2D eigenvalue weighted by Crippen LogP contribution is 2.51. The van der Waals surface area contributed by atoms with E-state index in [-0.39, 0.29) is 5.41 Å². The monoisotopic (exact) mass is 632 g/mol. The summed E-state index contributed by atoms with van der Waals surface area (Å²) in [5.74, 6) is 0. The van der Waals surface area contributed by atoms with Crippen LogP contribution in [-0.2, 0) is 5.41 Å². The molecule has 1 aliphatic rings. The molecular weight excluding hydrogens is 604 g/mol. The molecule has 41 heavy (non-hydrogen) atoms. The van der Waals surface area contributed by atoms with Crippen molar-refractivity contribution in [3.63, 3.8) is 0 Å². The third kappa shape index (κ3) is 4.62. The van der Waals surface area contributed by atoms with Gasteiger partial charge in [-0.25, -0.2) is 0 Å². The third-order valence-corrected chi connectivity index (χ3v) is 10.1. The number of anilines is 6. The van der Waals surface area contributed by atoms with Crippen LogP contribution < -0.4 is 9.80 Å². The standard InChI is InChI=1S/C36H29BrN2S2/c1-24-12-14-26(15-13-24)38(34-10-6-18-40-34)28-20-25(37)21-29(22-28)39(35-11-7-19-41-35)27-16-17-31-30-8-4-5-9-32(30)36(2,3)33(31)23-27/h4-23H,1-3H3. The molecule has 202 valence electrons. The normalized spacial score (nSPS) is 13.1. The molecular formula is C36H29BrN2S2. The maximum Gasteiger partial charge on any atom is 0.0999 e. The molecule has 2 aromatic heterocycles. The Kier molecular flexibility index (Phi) is 6.61. The number of benzene rings is 4. The number of nitrogens with zero attached hydrogens (tertiary/aromatic N) is 2. The van der Waals surface area contributed by atoms with Crippen molar-refractivity contribution in [3.05, 3.63) is 141 Å². The summed E-state index contributed by atoms with van der Waals surface area (Å²) < 4.78 is 1.04. The molecule has 0 fully saturated rings. The summed E-state index contributed by atoms with van der Waals surface area (Å²) in [4.78, 5) is 4.73. The molecule has 0 radical (unpaired) electrons. The molecule has 0 amide bonds. The van der Waals surface area contributed by atoms with E-state index < -0.39 is 0 Å². The summed E-state index contributed by atoms with van der Waals surface area (Å²) in [7, 11) is 0. The van der Waals surface area contributed by atoms with E-state index in [9.17, 15) is 0 Å². The minimum Gasteiger partial charge on any atom is -0.302 e. The fourth-order valence-corrected chi connectivity index (χ4v) is 7.95. The quantitative estimate of drug-likeness (QED) is 0.180. The van der Waals surface area contributed by atoms with Crippen LogP contribution in [0, 0.1) is 6.92 Å². The molecule has 0 aliphatic heterocycles. The van der Waals surface area contributed by atoms with E-state index >= 15 is 0 Å². The second-order valence-electron chi connectivity index (χ2n) is 11.0. The number of thiophene rings is 2. The number of rotatable bonds is 6. The molecule has 7 rings (SSSR count). The Hall–Kier alpha value is -3.64. The second-order valence-corrected chi connectivity index (χ2v) is 13.7. The zero-order valence-corrected chi connectivity index (χ0v) is 26.4. The van der Waals surface area contributed by atoms with Gasteiger partial charge in [-0.2, -0.15) is 0 Å². The first-order chi connectivity index (χ1) is 19.9. The number of fused-ring (bicyclic) bond motifs is 3. The molecule has 0 saturated heterocycles. The predicted molar refractivity (Wildman–Crippen MR) is 182 cm³/mol. The summed E-state index contributed by atoms with van der Waals surface area (Å²) >= 11 is 7.38. The lowest BCUT2D eigenvalue weighted by Gasteiger charge is -2.29. The van der Waals surface area contributed by atoms with Gasteiger partial charge in [-0.05, 0) is 107 Å². The lowest BCUT2D eigenvalue weighted by Crippen LogP contribution is -2.16. The number of hydrogen-bond acceptors (Lipinski definition) is 4. The molecule has 0 N–H and O–H groups in total. The Labute approximate surface area is 258 Å². The summed E-state index contributed by atoms with van der Waals surface area (Å²) in [5, 5.41) is 6.65. The maximum atomic E-state index is 3.87. The molecule has 0 saturated carbocycles. The van der Waals surface area contributed by atoms with Crippen molar-refractivity contribution >= 4 is 71.4 Å². The van der Waals surface area contributed by atoms with E-state index in [0.717, 1.165) is 27.2 Å². The van der Waals surface area contributed by atoms with Gasteiger partial charge in [-0.1, -0.05) is 77.8 Å². The van der Waals surface area contributed by atoms with Crippen LogP contribution >= 0.6 is 38.6 Å². The number of hydrogen-bond donors (Lipinski definition) is 0. The highest BCUT2D eigenvalue weighted by atomic mass is 79.9. The van der Waals surface area contributed by atoms with Gasteiger partial charge in [0.15, 0.2) is 0 Å². The van der Waals surface area contributed by atoms with Gasteiger partial charge in [0.05, 0.1) is 21.4 Å². The van der Waals surface area contributed by atoms with Crippen molar-refractivity contribution in [2.24, 2.45) is 0 Å². The predicted octanol–water partition coefficient (Wildman–Crippen LogP) is 12.1. The highest BCUT2D eigenvalue weighted by molar-refractivity contribution is 9.10. The van der Waals surface area contributed by atoms with Gasteiger partial charge in [-0.3, -0.25) is 0 Å². The van der Waals surface area contributed by atoms with Crippen molar-refractivity contribution in [2.75, 3.05) is 9.80 Å². The summed E-state index contributed by atoms with van der Waals surface area (Å²) in [6, 6.07) is 39.9. The van der Waals surface area contributed by atoms with Gasteiger partial charge in [-0.15, -0.1) is 22.7 Å². The van der Waals surface area contributed by atoms with Crippen molar-refractivity contribution in [1.29, 1.82) is 0 Å². The van der Waals surface area contributed by atoms with Gasteiger partial charge < -0.3 is 9.80 Å². The Morgan fingerprint density at radius 1 is 0.561 bits per heavy atom. The first-order valence-electron chi connectivity index (χ1n) is 13.7. The molecule has 1 aliphatic carbocycles. The second kappa shape index (κ2) is 10.3. The van der Waals surface area contributed by atoms with Gasteiger partial charge in [0, 0.05) is 21.3 Å². The molecule has 2 heterocycles. The van der Waals surface area contributed by atoms with Crippen molar-refractivity contribution < 1.29 is 0 Å². The summed E-state index contributed by atoms with van der Waals surface area (Å²) in [5.41, 5.74) is 11.1. The van der Waals surface area contributed by atoms with Crippen LogP contribution in [0.2, 0.25) is 0 Å². The van der Waals surface area contributed by atoms with Gasteiger partial charge in [0.25, 0.3) is 0 Å². The largest absolute Gasteiger partial charge is 0.302 e. The third-order valence-electron chi connectivity index (χ3n) is 7.95. The van der Waals surface area contributed by atoms with Crippen LogP contribution in [-0.4, -0.2) is 0 Å². The highest BCUT2D eigenvalue weighted by Gasteiger charge is 2.35. The molecule has 0 unspecified atom stereocenters. The zero-order chi connectivity index (χ0) is 28.1. The molecule has 4 aromatic carbocycles. The minimum atomic E-state index is -0.0626. The average molecular weight is 634 g/mol. The average Bonchev–Trinajstić information content (AvgIpc) is 3.73. The van der Waals surface area contributed by atoms with Crippen LogP contribution in [0.4, 0.5) is 32.8 Å². The van der Waals surface area contributed by atoms with E-state index in [1.807, 2.05) is 0 Å². The van der Waals surface area contributed by atoms with Gasteiger partial charge in [0.1, 0.15) is 0 Å². The Bertz CT molecular complexity index is 1840. The van der Waals surface area contributed by atoms with E-state index in [1.165, 1.54) is 37.8 Å². The van der Waals surface area contributed by atoms with E-state index in [2.05, 4.69) is 166 Å². The van der Waals surface area contributed by atoms with Crippen LogP contribution in [0.3, 0.4) is 0 Å². The summed E-state index contributed by atoms with van der Waals surface area (Å²) in [6.45, 7) is 6.81. The lowest BCUT2D eigenvalue weighted by atomic mass is 9.82. The van der Waals surface area contributed by atoms with E-state index in [1.54, 1.807) is 22.7 Å². The molecule has 6 aromatic rings. The Morgan fingerprint density at radius 2 is 1.15 bits per heavy atom. The zero-order valence-electron chi connectivity index (χ0n) is 23.1. The van der Waals surface area contributed by atoms with E-state index in [4.69, 9.17) is 0 Å². The SMILES string of the molecule is Cc1ccc(N(c2cc(Br)cc(N(c3ccc4c(c3)C(C)(C)c3ccccc3-4)c3cccs3)c2)c2cccs2)cc1. The van der Waals surface area contributed by atoms with Crippen LogP contribution in [0.5, 0.6) is 0 Å². The van der Waals surface area contributed by atoms with Crippen LogP contribution in [0.25, 0.3) is 11.1 Å². The minimum absolute atomic E-state index is 0.0626. The first-order valence-corrected chi connectivity index (χ1v) is 16.2. The van der Waals surface area contributed by atoms with Gasteiger partial charge in [0.2, 0.25) is 0 Å². The summed E-state index contributed by atoms with van der Waals surface area (Å²) in [6.07, 6.45) is 0. The Morgan fingerprint density at radius 3 is 1.78 bits per heavy atom. The Balaban J connectivity index is 1.39. The smallest absolute Gasteiger partial charge is 0.0999 e. The topological polar surface area (TPSA) is 6.48 Å². The fraction of sp³-hybridized carbons (Fsp3) is 0.111. The molecule has 2 nitrogen and oxygen atoms in total. The van der Waals surface area contributed by atoms with Crippen molar-refractivity contribution in [2.45, 2.75) is 26.2 Å². The molecule has 0 atom stereocenters. The number of aryl methyl sites for hydroxylation is 1. The molecule has 0 spiro atoms. The van der Waals surface area contributed by atoms with Crippen LogP contribution in [0.1, 0.15) is 30.5 Å². The lowest BCUT2D eigenvalue weighted by molar-refractivity contribution is 0.660. The maximum absolute atomic E-state index is 3.87. The molecule has 5 heteroatoms. The number of halogens is 1.